The number of rotatable bonds is 9. The summed E-state index contributed by atoms with van der Waals surface area (Å²) in [5, 5.41) is 0.640. The van der Waals surface area contributed by atoms with E-state index >= 15 is 0 Å². The van der Waals surface area contributed by atoms with Gasteiger partial charge in [0.2, 0.25) is 0 Å². The first-order chi connectivity index (χ1) is 15.9. The van der Waals surface area contributed by atoms with Crippen molar-refractivity contribution in [3.63, 3.8) is 0 Å². The highest BCUT2D eigenvalue weighted by molar-refractivity contribution is 7.85. The molecule has 2 aromatic rings. The van der Waals surface area contributed by atoms with Crippen LogP contribution in [0.3, 0.4) is 0 Å². The van der Waals surface area contributed by atoms with Crippen LogP contribution in [0.15, 0.2) is 72.8 Å². The van der Waals surface area contributed by atoms with Crippen molar-refractivity contribution in [2.75, 3.05) is 17.1 Å². The van der Waals surface area contributed by atoms with Crippen LogP contribution in [0.4, 0.5) is 10.1 Å². The van der Waals surface area contributed by atoms with E-state index in [1.54, 1.807) is 34.8 Å². The monoisotopic (exact) mass is 486 g/mol. The lowest BCUT2D eigenvalue weighted by Gasteiger charge is -2.43. The Kier molecular flexibility index (Phi) is 7.35. The summed E-state index contributed by atoms with van der Waals surface area (Å²) in [7, 11) is -1.45. The molecule has 1 aliphatic carbocycles. The molecule has 1 heterocycles. The van der Waals surface area contributed by atoms with Crippen molar-refractivity contribution >= 4 is 34.2 Å². The molecule has 3 unspecified atom stereocenters. The zero-order valence-corrected chi connectivity index (χ0v) is 20.2. The molecule has 1 fully saturated rings. The van der Waals surface area contributed by atoms with Gasteiger partial charge in [-0.05, 0) is 61.4 Å². The van der Waals surface area contributed by atoms with Crippen molar-refractivity contribution in [3.8, 4) is 0 Å². The number of hydrogen-bond acceptors (Lipinski definition) is 2. The smallest absolute Gasteiger partial charge is 0.250 e. The van der Waals surface area contributed by atoms with Crippen molar-refractivity contribution in [3.05, 3.63) is 89.2 Å². The molecule has 3 atom stereocenters. The van der Waals surface area contributed by atoms with E-state index in [9.17, 15) is 13.4 Å². The van der Waals surface area contributed by atoms with E-state index < -0.39 is 16.8 Å². The van der Waals surface area contributed by atoms with Crippen LogP contribution < -0.4 is 4.31 Å². The van der Waals surface area contributed by atoms with Crippen LogP contribution in [0.2, 0.25) is 5.02 Å². The summed E-state index contributed by atoms with van der Waals surface area (Å²) in [4.78, 5) is 15.7. The summed E-state index contributed by atoms with van der Waals surface area (Å²) < 4.78 is 28.9. The Morgan fingerprint density at radius 1 is 1.24 bits per heavy atom. The summed E-state index contributed by atoms with van der Waals surface area (Å²) in [6, 6.07) is 13.6. The molecule has 4 nitrogen and oxygen atoms in total. The van der Waals surface area contributed by atoms with Crippen LogP contribution in [0, 0.1) is 11.7 Å². The maximum atomic E-state index is 14.6. The van der Waals surface area contributed by atoms with Crippen LogP contribution in [0.1, 0.15) is 37.3 Å². The van der Waals surface area contributed by atoms with E-state index in [-0.39, 0.29) is 23.9 Å². The number of carbonyl (C=O) groups excluding carboxylic acids is 1. The van der Waals surface area contributed by atoms with E-state index in [1.807, 2.05) is 35.2 Å². The maximum Gasteiger partial charge on any atom is 0.250 e. The molecule has 0 radical (unpaired) electrons. The van der Waals surface area contributed by atoms with Crippen LogP contribution in [-0.2, 0) is 15.8 Å². The van der Waals surface area contributed by atoms with Crippen LogP contribution >= 0.6 is 11.6 Å². The number of para-hydroxylation sites is 1. The van der Waals surface area contributed by atoms with Crippen molar-refractivity contribution < 1.29 is 13.4 Å². The van der Waals surface area contributed by atoms with E-state index in [0.717, 1.165) is 24.0 Å². The summed E-state index contributed by atoms with van der Waals surface area (Å²) in [6.07, 6.45) is 8.44. The normalized spacial score (nSPS) is 20.2. The largest absolute Gasteiger partial charge is 0.326 e. The van der Waals surface area contributed by atoms with Crippen LogP contribution in [0.5, 0.6) is 0 Å². The third-order valence-electron chi connectivity index (χ3n) is 6.36. The average Bonchev–Trinajstić information content (AvgIpc) is 3.63. The standard InChI is InChI=1S/C26H28ClFN2O2S/c1-3-6-20-13-16-23(18-11-14-21(27)15-12-18)30(26(20)31)25(19-9-10-19)17-29(33(2)32)24-8-5-4-7-22(24)28/h3-5,7-8,11-15,19,23,25H,1,6,9-10,16-17H2,2H3. The second-order valence-corrected chi connectivity index (χ2v) is 10.3. The molecule has 0 spiro atoms. The number of nitrogens with zero attached hydrogens (tertiary/aromatic N) is 2. The fourth-order valence-electron chi connectivity index (χ4n) is 4.56. The molecule has 0 saturated heterocycles. The van der Waals surface area contributed by atoms with Crippen molar-refractivity contribution in [2.24, 2.45) is 5.92 Å². The van der Waals surface area contributed by atoms with Gasteiger partial charge in [-0.25, -0.2) is 8.60 Å². The molecular formula is C26H28ClFN2O2S. The lowest BCUT2D eigenvalue weighted by atomic mass is 9.91. The Morgan fingerprint density at radius 3 is 2.55 bits per heavy atom. The van der Waals surface area contributed by atoms with Gasteiger partial charge in [0.15, 0.2) is 0 Å². The molecule has 7 heteroatoms. The molecule has 33 heavy (non-hydrogen) atoms. The van der Waals surface area contributed by atoms with E-state index in [1.165, 1.54) is 6.07 Å². The summed E-state index contributed by atoms with van der Waals surface area (Å²) in [5.74, 6) is -0.174. The Hall–Kier alpha value is -2.44. The highest BCUT2D eigenvalue weighted by Gasteiger charge is 2.44. The Morgan fingerprint density at radius 2 is 1.94 bits per heavy atom. The quantitative estimate of drug-likeness (QED) is 0.418. The minimum absolute atomic E-state index is 0.0339. The number of anilines is 1. The predicted octanol–water partition coefficient (Wildman–Crippen LogP) is 5.83. The van der Waals surface area contributed by atoms with E-state index in [4.69, 9.17) is 11.6 Å². The fourth-order valence-corrected chi connectivity index (χ4v) is 5.48. The second kappa shape index (κ2) is 10.2. The van der Waals surface area contributed by atoms with Gasteiger partial charge in [-0.1, -0.05) is 48.0 Å². The van der Waals surface area contributed by atoms with E-state index in [2.05, 4.69) is 6.58 Å². The second-order valence-electron chi connectivity index (χ2n) is 8.58. The van der Waals surface area contributed by atoms with Gasteiger partial charge in [0.1, 0.15) is 16.8 Å². The molecule has 174 valence electrons. The molecule has 0 bridgehead atoms. The third-order valence-corrected chi connectivity index (χ3v) is 7.58. The first-order valence-electron chi connectivity index (χ1n) is 11.1. The van der Waals surface area contributed by atoms with E-state index in [0.29, 0.717) is 30.1 Å². The molecule has 1 aliphatic heterocycles. The van der Waals surface area contributed by atoms with Gasteiger partial charge in [-0.15, -0.1) is 6.58 Å². The Bertz CT molecular complexity index is 1080. The molecule has 1 saturated carbocycles. The van der Waals surface area contributed by atoms with Gasteiger partial charge in [0, 0.05) is 16.9 Å². The van der Waals surface area contributed by atoms with Crippen molar-refractivity contribution in [1.29, 1.82) is 0 Å². The van der Waals surface area contributed by atoms with Crippen molar-refractivity contribution in [2.45, 2.75) is 37.8 Å². The minimum Gasteiger partial charge on any atom is -0.326 e. The molecule has 1 amide bonds. The lowest BCUT2D eigenvalue weighted by molar-refractivity contribution is -0.133. The first kappa shape index (κ1) is 23.7. The molecule has 2 aromatic carbocycles. The zero-order valence-electron chi connectivity index (χ0n) is 18.6. The number of amides is 1. The highest BCUT2D eigenvalue weighted by Crippen LogP contribution is 2.43. The maximum absolute atomic E-state index is 14.6. The number of allylic oxidation sites excluding steroid dienone is 1. The number of carbonyl (C=O) groups is 1. The zero-order chi connectivity index (χ0) is 23.5. The number of benzene rings is 2. The van der Waals surface area contributed by atoms with Gasteiger partial charge >= 0.3 is 0 Å². The highest BCUT2D eigenvalue weighted by atomic mass is 35.5. The van der Waals surface area contributed by atoms with Gasteiger partial charge in [0.25, 0.3) is 5.91 Å². The molecule has 4 rings (SSSR count). The van der Waals surface area contributed by atoms with Gasteiger partial charge in [-0.2, -0.15) is 0 Å². The lowest BCUT2D eigenvalue weighted by Crippen LogP contribution is -2.52. The van der Waals surface area contributed by atoms with Crippen molar-refractivity contribution in [1.82, 2.24) is 4.90 Å². The topological polar surface area (TPSA) is 40.6 Å². The van der Waals surface area contributed by atoms with Gasteiger partial charge in [-0.3, -0.25) is 9.10 Å². The molecule has 0 N–H and O–H groups in total. The number of hydrogen-bond donors (Lipinski definition) is 0. The SMILES string of the molecule is C=CCC1=CCC(c2ccc(Cl)cc2)N(C(CN(c2ccccc2F)S(C)=O)C2CC2)C1=O. The van der Waals surface area contributed by atoms with Crippen LogP contribution in [-0.4, -0.2) is 33.9 Å². The van der Waals surface area contributed by atoms with Gasteiger partial charge < -0.3 is 4.90 Å². The van der Waals surface area contributed by atoms with Crippen LogP contribution in [0.25, 0.3) is 0 Å². The summed E-state index contributed by atoms with van der Waals surface area (Å²) >= 11 is 6.11. The molecule has 0 aromatic heterocycles. The minimum atomic E-state index is -1.45. The van der Waals surface area contributed by atoms with Gasteiger partial charge in [0.05, 0.1) is 24.3 Å². The molecule has 2 aliphatic rings. The summed E-state index contributed by atoms with van der Waals surface area (Å²) in [6.45, 7) is 4.10. The average molecular weight is 487 g/mol. The third kappa shape index (κ3) is 5.22. The fraction of sp³-hybridized carbons (Fsp3) is 0.346. The molecular weight excluding hydrogens is 459 g/mol. The Labute approximate surface area is 202 Å². The number of halogens is 2. The Balaban J connectivity index is 1.73. The predicted molar refractivity (Wildman–Crippen MR) is 133 cm³/mol. The summed E-state index contributed by atoms with van der Waals surface area (Å²) in [5.41, 5.74) is 2.01. The first-order valence-corrected chi connectivity index (χ1v) is 13.0.